The Labute approximate surface area is 93.3 Å². The predicted molar refractivity (Wildman–Crippen MR) is 58.1 cm³/mol. The standard InChI is InChI=1S/C10H13ClN2O2/c11-9-2-1-8(12)10(13-9)15-6-7-3-4-14-5-7/h1-2,7H,3-6,12H2. The third kappa shape index (κ3) is 2.73. The van der Waals surface area contributed by atoms with E-state index in [1.807, 2.05) is 0 Å². The molecule has 1 aliphatic heterocycles. The number of hydrogen-bond donors (Lipinski definition) is 1. The Morgan fingerprint density at radius 3 is 3.20 bits per heavy atom. The third-order valence-electron chi connectivity index (χ3n) is 2.34. The summed E-state index contributed by atoms with van der Waals surface area (Å²) in [7, 11) is 0. The first kappa shape index (κ1) is 10.5. The van der Waals surface area contributed by atoms with Gasteiger partial charge in [-0.3, -0.25) is 0 Å². The van der Waals surface area contributed by atoms with Crippen LogP contribution in [0.4, 0.5) is 5.69 Å². The molecule has 2 heterocycles. The quantitative estimate of drug-likeness (QED) is 0.801. The predicted octanol–water partition coefficient (Wildman–Crippen LogP) is 1.73. The number of nitrogens with two attached hydrogens (primary N) is 1. The van der Waals surface area contributed by atoms with Gasteiger partial charge in [-0.25, -0.2) is 0 Å². The topological polar surface area (TPSA) is 57.4 Å². The number of nitrogens with zero attached hydrogens (tertiary/aromatic N) is 1. The van der Waals surface area contributed by atoms with Crippen molar-refractivity contribution in [3.63, 3.8) is 0 Å². The first-order valence-corrected chi connectivity index (χ1v) is 5.26. The number of halogens is 1. The van der Waals surface area contributed by atoms with Crippen LogP contribution in [0.25, 0.3) is 0 Å². The summed E-state index contributed by atoms with van der Waals surface area (Å²) in [6.45, 7) is 2.14. The van der Waals surface area contributed by atoms with Gasteiger partial charge in [0.25, 0.3) is 0 Å². The minimum absolute atomic E-state index is 0.391. The lowest BCUT2D eigenvalue weighted by molar-refractivity contribution is 0.166. The van der Waals surface area contributed by atoms with E-state index >= 15 is 0 Å². The monoisotopic (exact) mass is 228 g/mol. The molecule has 0 bridgehead atoms. The SMILES string of the molecule is Nc1ccc(Cl)nc1OCC1CCOC1. The summed E-state index contributed by atoms with van der Waals surface area (Å²) < 4.78 is 10.7. The molecule has 5 heteroatoms. The fourth-order valence-corrected chi connectivity index (χ4v) is 1.60. The van der Waals surface area contributed by atoms with Gasteiger partial charge in [-0.2, -0.15) is 4.98 Å². The molecule has 0 amide bonds. The van der Waals surface area contributed by atoms with E-state index in [1.54, 1.807) is 12.1 Å². The van der Waals surface area contributed by atoms with Crippen LogP contribution in [-0.4, -0.2) is 24.8 Å². The fourth-order valence-electron chi connectivity index (χ4n) is 1.46. The molecule has 0 aromatic carbocycles. The van der Waals surface area contributed by atoms with Gasteiger partial charge in [0.15, 0.2) is 0 Å². The summed E-state index contributed by atoms with van der Waals surface area (Å²) in [5.74, 6) is 0.847. The lowest BCUT2D eigenvalue weighted by atomic mass is 10.1. The average Bonchev–Trinajstić information content (AvgIpc) is 2.72. The van der Waals surface area contributed by atoms with Crippen LogP contribution < -0.4 is 10.5 Å². The molecule has 2 rings (SSSR count). The van der Waals surface area contributed by atoms with E-state index in [2.05, 4.69) is 4.98 Å². The maximum absolute atomic E-state index is 5.74. The van der Waals surface area contributed by atoms with Crippen LogP contribution in [0.1, 0.15) is 6.42 Å². The molecule has 1 aromatic rings. The van der Waals surface area contributed by atoms with Crippen LogP contribution in [0.3, 0.4) is 0 Å². The Hall–Kier alpha value is -1.00. The minimum Gasteiger partial charge on any atom is -0.476 e. The van der Waals surface area contributed by atoms with E-state index in [0.29, 0.717) is 29.2 Å². The number of pyridine rings is 1. The molecule has 4 nitrogen and oxygen atoms in total. The van der Waals surface area contributed by atoms with E-state index in [1.165, 1.54) is 0 Å². The molecule has 1 unspecified atom stereocenters. The van der Waals surface area contributed by atoms with Gasteiger partial charge in [-0.05, 0) is 18.6 Å². The summed E-state index contributed by atoms with van der Waals surface area (Å²) in [5.41, 5.74) is 6.21. The molecule has 1 fully saturated rings. The van der Waals surface area contributed by atoms with Crippen LogP contribution >= 0.6 is 11.6 Å². The minimum atomic E-state index is 0.391. The highest BCUT2D eigenvalue weighted by molar-refractivity contribution is 6.29. The molecular weight excluding hydrogens is 216 g/mol. The van der Waals surface area contributed by atoms with Gasteiger partial charge >= 0.3 is 0 Å². The highest BCUT2D eigenvalue weighted by Crippen LogP contribution is 2.22. The highest BCUT2D eigenvalue weighted by Gasteiger charge is 2.17. The Balaban J connectivity index is 1.94. The number of rotatable bonds is 3. The first-order chi connectivity index (χ1) is 7.25. The molecule has 1 saturated heterocycles. The molecule has 1 aliphatic rings. The van der Waals surface area contributed by atoms with Crippen molar-refractivity contribution in [3.8, 4) is 5.88 Å². The van der Waals surface area contributed by atoms with E-state index in [9.17, 15) is 0 Å². The smallest absolute Gasteiger partial charge is 0.238 e. The lowest BCUT2D eigenvalue weighted by Crippen LogP contribution is -2.13. The van der Waals surface area contributed by atoms with Crippen molar-refractivity contribution in [1.82, 2.24) is 4.98 Å². The molecular formula is C10H13ClN2O2. The molecule has 0 saturated carbocycles. The number of hydrogen-bond acceptors (Lipinski definition) is 4. The number of anilines is 1. The van der Waals surface area contributed by atoms with Crippen molar-refractivity contribution in [1.29, 1.82) is 0 Å². The van der Waals surface area contributed by atoms with Gasteiger partial charge in [0.05, 0.1) is 18.9 Å². The normalized spacial score (nSPS) is 20.5. The second-order valence-corrected chi connectivity index (χ2v) is 3.96. The van der Waals surface area contributed by atoms with Crippen molar-refractivity contribution < 1.29 is 9.47 Å². The van der Waals surface area contributed by atoms with Gasteiger partial charge in [0.1, 0.15) is 5.15 Å². The van der Waals surface area contributed by atoms with E-state index in [4.69, 9.17) is 26.8 Å². The lowest BCUT2D eigenvalue weighted by Gasteiger charge is -2.11. The van der Waals surface area contributed by atoms with Gasteiger partial charge in [0, 0.05) is 12.5 Å². The average molecular weight is 229 g/mol. The van der Waals surface area contributed by atoms with Crippen LogP contribution in [0.15, 0.2) is 12.1 Å². The Bertz CT molecular complexity index is 340. The number of nitrogen functional groups attached to an aromatic ring is 1. The maximum atomic E-state index is 5.74. The van der Waals surface area contributed by atoms with Crippen molar-refractivity contribution >= 4 is 17.3 Å². The molecule has 1 atom stereocenters. The zero-order chi connectivity index (χ0) is 10.7. The second kappa shape index (κ2) is 4.68. The van der Waals surface area contributed by atoms with Crippen molar-refractivity contribution in [2.45, 2.75) is 6.42 Å². The van der Waals surface area contributed by atoms with Crippen molar-refractivity contribution in [3.05, 3.63) is 17.3 Å². The maximum Gasteiger partial charge on any atom is 0.238 e. The van der Waals surface area contributed by atoms with Gasteiger partial charge < -0.3 is 15.2 Å². The van der Waals surface area contributed by atoms with Crippen LogP contribution in [0.5, 0.6) is 5.88 Å². The zero-order valence-corrected chi connectivity index (χ0v) is 9.04. The molecule has 0 aliphatic carbocycles. The molecule has 1 aromatic heterocycles. The summed E-state index contributed by atoms with van der Waals surface area (Å²) in [6.07, 6.45) is 1.03. The Kier molecular flexibility index (Phi) is 3.28. The van der Waals surface area contributed by atoms with Crippen molar-refractivity contribution in [2.75, 3.05) is 25.6 Å². The second-order valence-electron chi connectivity index (χ2n) is 3.57. The van der Waals surface area contributed by atoms with Gasteiger partial charge in [-0.1, -0.05) is 11.6 Å². The molecule has 0 spiro atoms. The van der Waals surface area contributed by atoms with Crippen molar-refractivity contribution in [2.24, 2.45) is 5.92 Å². The summed E-state index contributed by atoms with van der Waals surface area (Å²) in [4.78, 5) is 4.01. The van der Waals surface area contributed by atoms with Crippen LogP contribution in [-0.2, 0) is 4.74 Å². The van der Waals surface area contributed by atoms with E-state index in [-0.39, 0.29) is 0 Å². The van der Waals surface area contributed by atoms with E-state index in [0.717, 1.165) is 19.6 Å². The molecule has 82 valence electrons. The third-order valence-corrected chi connectivity index (χ3v) is 2.55. The number of aromatic nitrogens is 1. The summed E-state index contributed by atoms with van der Waals surface area (Å²) in [6, 6.07) is 3.33. The molecule has 0 radical (unpaired) electrons. The Morgan fingerprint density at radius 2 is 2.47 bits per heavy atom. The fraction of sp³-hybridized carbons (Fsp3) is 0.500. The zero-order valence-electron chi connectivity index (χ0n) is 8.28. The molecule has 15 heavy (non-hydrogen) atoms. The Morgan fingerprint density at radius 1 is 1.60 bits per heavy atom. The van der Waals surface area contributed by atoms with Crippen LogP contribution in [0.2, 0.25) is 5.15 Å². The summed E-state index contributed by atoms with van der Waals surface area (Å²) in [5, 5.41) is 0.391. The molecule has 2 N–H and O–H groups in total. The van der Waals surface area contributed by atoms with E-state index < -0.39 is 0 Å². The van der Waals surface area contributed by atoms with Gasteiger partial charge in [-0.15, -0.1) is 0 Å². The number of ether oxygens (including phenoxy) is 2. The largest absolute Gasteiger partial charge is 0.476 e. The highest BCUT2D eigenvalue weighted by atomic mass is 35.5. The first-order valence-electron chi connectivity index (χ1n) is 4.88. The van der Waals surface area contributed by atoms with Gasteiger partial charge in [0.2, 0.25) is 5.88 Å². The van der Waals surface area contributed by atoms with Crippen LogP contribution in [0, 0.1) is 5.92 Å². The summed E-state index contributed by atoms with van der Waals surface area (Å²) >= 11 is 5.74.